The number of carbonyl (C=O) groups is 1. The molecule has 0 radical (unpaired) electrons. The van der Waals surface area contributed by atoms with Crippen molar-refractivity contribution in [1.29, 1.82) is 0 Å². The van der Waals surface area contributed by atoms with E-state index in [0.717, 1.165) is 31.5 Å². The molecule has 0 saturated carbocycles. The predicted molar refractivity (Wildman–Crippen MR) is 75.4 cm³/mol. The van der Waals surface area contributed by atoms with Crippen molar-refractivity contribution in [3.63, 3.8) is 0 Å². The van der Waals surface area contributed by atoms with Gasteiger partial charge in [0.1, 0.15) is 5.75 Å². The summed E-state index contributed by atoms with van der Waals surface area (Å²) in [6.45, 7) is 5.44. The van der Waals surface area contributed by atoms with Crippen molar-refractivity contribution < 1.29 is 9.90 Å². The summed E-state index contributed by atoms with van der Waals surface area (Å²) in [4.78, 5) is 14.2. The van der Waals surface area contributed by atoms with E-state index in [1.807, 2.05) is 18.0 Å². The van der Waals surface area contributed by atoms with Crippen molar-refractivity contribution in [3.05, 3.63) is 29.3 Å². The smallest absolute Gasteiger partial charge is 0.257 e. The number of hydrogen-bond donors (Lipinski definition) is 2. The highest BCUT2D eigenvalue weighted by Crippen LogP contribution is 2.26. The Labute approximate surface area is 114 Å². The molecule has 1 fully saturated rings. The van der Waals surface area contributed by atoms with Crippen molar-refractivity contribution in [2.24, 2.45) is 0 Å². The number of aryl methyl sites for hydroxylation is 1. The Morgan fingerprint density at radius 1 is 1.37 bits per heavy atom. The van der Waals surface area contributed by atoms with Crippen LogP contribution in [0.5, 0.6) is 5.75 Å². The van der Waals surface area contributed by atoms with Gasteiger partial charge in [0.05, 0.1) is 5.56 Å². The molecule has 0 atom stereocenters. The van der Waals surface area contributed by atoms with Gasteiger partial charge >= 0.3 is 0 Å². The number of hydrogen-bond acceptors (Lipinski definition) is 3. The third-order valence-corrected chi connectivity index (χ3v) is 4.23. The van der Waals surface area contributed by atoms with Crippen molar-refractivity contribution in [1.82, 2.24) is 10.2 Å². The van der Waals surface area contributed by atoms with Gasteiger partial charge in [-0.25, -0.2) is 0 Å². The Morgan fingerprint density at radius 2 is 2.00 bits per heavy atom. The lowest BCUT2D eigenvalue weighted by molar-refractivity contribution is 0.0658. The molecule has 1 aromatic rings. The number of carbonyl (C=O) groups excluding carboxylic acids is 1. The second-order valence-corrected chi connectivity index (χ2v) is 5.57. The topological polar surface area (TPSA) is 52.6 Å². The average Bonchev–Trinajstić information content (AvgIpc) is 2.42. The number of aromatic hydroxyl groups is 1. The first-order valence-corrected chi connectivity index (χ1v) is 6.73. The minimum absolute atomic E-state index is 0.0700. The van der Waals surface area contributed by atoms with Crippen LogP contribution in [0.2, 0.25) is 0 Å². The van der Waals surface area contributed by atoms with Crippen LogP contribution < -0.4 is 5.32 Å². The zero-order chi connectivity index (χ0) is 14.0. The van der Waals surface area contributed by atoms with E-state index in [2.05, 4.69) is 12.2 Å². The highest BCUT2D eigenvalue weighted by atomic mass is 16.3. The van der Waals surface area contributed by atoms with Gasteiger partial charge in [-0.1, -0.05) is 12.1 Å². The summed E-state index contributed by atoms with van der Waals surface area (Å²) < 4.78 is 0. The lowest BCUT2D eigenvalue weighted by Crippen LogP contribution is -2.51. The largest absolute Gasteiger partial charge is 0.507 e. The zero-order valence-corrected chi connectivity index (χ0v) is 11.9. The number of benzene rings is 1. The van der Waals surface area contributed by atoms with E-state index in [1.54, 1.807) is 19.1 Å². The van der Waals surface area contributed by atoms with E-state index in [0.29, 0.717) is 5.56 Å². The molecule has 4 nitrogen and oxygen atoms in total. The number of likely N-dealkylation sites (tertiary alicyclic amines) is 1. The molecule has 1 aliphatic rings. The van der Waals surface area contributed by atoms with Crippen LogP contribution in [0.3, 0.4) is 0 Å². The number of rotatable bonds is 2. The molecule has 1 aliphatic heterocycles. The molecule has 104 valence electrons. The van der Waals surface area contributed by atoms with Crippen molar-refractivity contribution >= 4 is 5.91 Å². The molecule has 0 unspecified atom stereocenters. The molecular weight excluding hydrogens is 240 g/mol. The summed E-state index contributed by atoms with van der Waals surface area (Å²) >= 11 is 0. The highest BCUT2D eigenvalue weighted by molar-refractivity contribution is 5.97. The molecule has 0 aromatic heterocycles. The van der Waals surface area contributed by atoms with Crippen LogP contribution in [0.25, 0.3) is 0 Å². The minimum Gasteiger partial charge on any atom is -0.507 e. The monoisotopic (exact) mass is 262 g/mol. The van der Waals surface area contributed by atoms with Crippen LogP contribution >= 0.6 is 0 Å². The third-order valence-electron chi connectivity index (χ3n) is 4.23. The van der Waals surface area contributed by atoms with E-state index in [4.69, 9.17) is 0 Å². The second kappa shape index (κ2) is 5.21. The fourth-order valence-electron chi connectivity index (χ4n) is 2.46. The summed E-state index contributed by atoms with van der Waals surface area (Å²) in [6.07, 6.45) is 1.86. The standard InChI is InChI=1S/C15H22N2O2/c1-11-5-4-6-12(13(11)18)14(19)17-9-7-15(2,16-3)8-10-17/h4-6,16,18H,7-10H2,1-3H3. The summed E-state index contributed by atoms with van der Waals surface area (Å²) in [7, 11) is 1.96. The Balaban J connectivity index is 2.12. The lowest BCUT2D eigenvalue weighted by atomic mass is 9.89. The van der Waals surface area contributed by atoms with E-state index in [-0.39, 0.29) is 17.2 Å². The molecule has 0 spiro atoms. The van der Waals surface area contributed by atoms with Gasteiger partial charge in [0.2, 0.25) is 0 Å². The highest BCUT2D eigenvalue weighted by Gasteiger charge is 2.31. The summed E-state index contributed by atoms with van der Waals surface area (Å²) in [5, 5.41) is 13.3. The van der Waals surface area contributed by atoms with Gasteiger partial charge < -0.3 is 15.3 Å². The molecule has 1 heterocycles. The Hall–Kier alpha value is -1.55. The summed E-state index contributed by atoms with van der Waals surface area (Å²) in [5.41, 5.74) is 1.27. The SMILES string of the molecule is CNC1(C)CCN(C(=O)c2cccc(C)c2O)CC1. The Morgan fingerprint density at radius 3 is 2.58 bits per heavy atom. The Bertz CT molecular complexity index is 477. The number of nitrogens with one attached hydrogen (secondary N) is 1. The van der Waals surface area contributed by atoms with Gasteiger partial charge in [-0.05, 0) is 45.4 Å². The number of para-hydroxylation sites is 1. The summed E-state index contributed by atoms with van der Waals surface area (Å²) in [6, 6.07) is 5.31. The first-order chi connectivity index (χ1) is 8.97. The van der Waals surface area contributed by atoms with Gasteiger partial charge in [0.25, 0.3) is 5.91 Å². The van der Waals surface area contributed by atoms with Crippen LogP contribution in [0.15, 0.2) is 18.2 Å². The van der Waals surface area contributed by atoms with E-state index >= 15 is 0 Å². The molecule has 1 aromatic carbocycles. The van der Waals surface area contributed by atoms with Gasteiger partial charge in [-0.3, -0.25) is 4.79 Å². The number of piperidine rings is 1. The van der Waals surface area contributed by atoms with Gasteiger partial charge in [-0.2, -0.15) is 0 Å². The maximum absolute atomic E-state index is 12.4. The minimum atomic E-state index is -0.0700. The van der Waals surface area contributed by atoms with Crippen molar-refractivity contribution in [2.75, 3.05) is 20.1 Å². The number of nitrogens with zero attached hydrogens (tertiary/aromatic N) is 1. The molecule has 0 aliphatic carbocycles. The lowest BCUT2D eigenvalue weighted by Gasteiger charge is -2.39. The normalized spacial score (nSPS) is 18.4. The fraction of sp³-hybridized carbons (Fsp3) is 0.533. The van der Waals surface area contributed by atoms with Gasteiger partial charge in [0, 0.05) is 18.6 Å². The summed E-state index contributed by atoms with van der Waals surface area (Å²) in [5.74, 6) is 0.0359. The third kappa shape index (κ3) is 2.73. The van der Waals surface area contributed by atoms with Crippen LogP contribution in [0.4, 0.5) is 0 Å². The molecule has 19 heavy (non-hydrogen) atoms. The molecule has 2 N–H and O–H groups in total. The Kier molecular flexibility index (Phi) is 3.80. The predicted octanol–water partition coefficient (Wildman–Crippen LogP) is 1.91. The first-order valence-electron chi connectivity index (χ1n) is 6.73. The zero-order valence-electron chi connectivity index (χ0n) is 11.9. The average molecular weight is 262 g/mol. The van der Waals surface area contributed by atoms with Crippen LogP contribution in [-0.2, 0) is 0 Å². The molecule has 1 saturated heterocycles. The number of phenols is 1. The van der Waals surface area contributed by atoms with E-state index < -0.39 is 0 Å². The molecular formula is C15H22N2O2. The second-order valence-electron chi connectivity index (χ2n) is 5.57. The van der Waals surface area contributed by atoms with Crippen LogP contribution in [0.1, 0.15) is 35.7 Å². The molecule has 2 rings (SSSR count). The number of amides is 1. The maximum atomic E-state index is 12.4. The fourth-order valence-corrected chi connectivity index (χ4v) is 2.46. The molecule has 1 amide bonds. The number of phenolic OH excluding ortho intramolecular Hbond substituents is 1. The maximum Gasteiger partial charge on any atom is 0.257 e. The van der Waals surface area contributed by atoms with E-state index in [1.165, 1.54) is 0 Å². The van der Waals surface area contributed by atoms with E-state index in [9.17, 15) is 9.90 Å². The quantitative estimate of drug-likeness (QED) is 0.856. The van der Waals surface area contributed by atoms with Crippen molar-refractivity contribution in [3.8, 4) is 5.75 Å². The molecule has 0 bridgehead atoms. The first kappa shape index (κ1) is 13.9. The van der Waals surface area contributed by atoms with Gasteiger partial charge in [-0.15, -0.1) is 0 Å². The molecule has 4 heteroatoms. The van der Waals surface area contributed by atoms with Crippen LogP contribution in [-0.4, -0.2) is 41.6 Å². The van der Waals surface area contributed by atoms with Crippen LogP contribution in [0, 0.1) is 6.92 Å². The van der Waals surface area contributed by atoms with Gasteiger partial charge in [0.15, 0.2) is 0 Å². The van der Waals surface area contributed by atoms with Crippen molar-refractivity contribution in [2.45, 2.75) is 32.2 Å².